The number of likely N-dealkylation sites (N-methyl/N-ethyl adjacent to an activating group) is 1. The average molecular weight is 244 g/mol. The van der Waals surface area contributed by atoms with Crippen molar-refractivity contribution in [2.75, 3.05) is 19.5 Å². The van der Waals surface area contributed by atoms with Gasteiger partial charge in [-0.05, 0) is 30.3 Å². The van der Waals surface area contributed by atoms with Crippen LogP contribution in [0.5, 0.6) is 0 Å². The normalized spacial score (nSPS) is 10.7. The summed E-state index contributed by atoms with van der Waals surface area (Å²) in [6.45, 7) is 5.55. The second-order valence-electron chi connectivity index (χ2n) is 3.69. The van der Waals surface area contributed by atoms with E-state index in [4.69, 9.17) is 23.2 Å². The highest BCUT2D eigenvalue weighted by molar-refractivity contribution is 6.30. The summed E-state index contributed by atoms with van der Waals surface area (Å²) in [5.74, 6) is 0.514. The van der Waals surface area contributed by atoms with E-state index in [1.165, 1.54) is 5.56 Å². The van der Waals surface area contributed by atoms with E-state index in [1.54, 1.807) is 0 Å². The Hall–Kier alpha value is -0.500. The third-order valence-electron chi connectivity index (χ3n) is 2.02. The number of benzene rings is 1. The molecule has 3 heteroatoms. The summed E-state index contributed by atoms with van der Waals surface area (Å²) >= 11 is 11.6. The van der Waals surface area contributed by atoms with Crippen molar-refractivity contribution < 1.29 is 0 Å². The zero-order valence-electron chi connectivity index (χ0n) is 8.84. The molecule has 15 heavy (non-hydrogen) atoms. The van der Waals surface area contributed by atoms with Crippen molar-refractivity contribution in [1.82, 2.24) is 4.90 Å². The minimum Gasteiger partial charge on any atom is -0.298 e. The molecule has 0 aromatic heterocycles. The number of halogens is 2. The van der Waals surface area contributed by atoms with Crippen LogP contribution in [0, 0.1) is 0 Å². The zero-order valence-corrected chi connectivity index (χ0v) is 10.4. The fourth-order valence-electron chi connectivity index (χ4n) is 1.43. The average Bonchev–Trinajstić information content (AvgIpc) is 2.17. The van der Waals surface area contributed by atoms with Gasteiger partial charge in [-0.2, -0.15) is 0 Å². The molecule has 0 fully saturated rings. The minimum atomic E-state index is 0.514. The molecule has 0 N–H and O–H groups in total. The SMILES string of the molecule is C=C(CCl)CN(C)Cc1cccc(Cl)c1. The topological polar surface area (TPSA) is 3.24 Å². The summed E-state index contributed by atoms with van der Waals surface area (Å²) in [7, 11) is 2.04. The Labute approximate surface area is 101 Å². The molecule has 1 aromatic rings. The van der Waals surface area contributed by atoms with Gasteiger partial charge in [-0.3, -0.25) is 4.90 Å². The van der Waals surface area contributed by atoms with Gasteiger partial charge in [0.15, 0.2) is 0 Å². The van der Waals surface area contributed by atoms with Crippen molar-refractivity contribution in [3.63, 3.8) is 0 Å². The van der Waals surface area contributed by atoms with Crippen LogP contribution in [0.2, 0.25) is 5.02 Å². The molecule has 0 aliphatic heterocycles. The van der Waals surface area contributed by atoms with E-state index in [2.05, 4.69) is 17.5 Å². The van der Waals surface area contributed by atoms with Crippen molar-refractivity contribution in [3.05, 3.63) is 47.0 Å². The Kier molecular flexibility index (Phi) is 5.16. The molecule has 82 valence electrons. The van der Waals surface area contributed by atoms with E-state index < -0.39 is 0 Å². The van der Waals surface area contributed by atoms with Gasteiger partial charge in [0.05, 0.1) is 0 Å². The van der Waals surface area contributed by atoms with Gasteiger partial charge < -0.3 is 0 Å². The number of hydrogen-bond donors (Lipinski definition) is 0. The van der Waals surface area contributed by atoms with Crippen LogP contribution in [0.1, 0.15) is 5.56 Å². The molecule has 0 saturated carbocycles. The van der Waals surface area contributed by atoms with Crippen molar-refractivity contribution in [2.45, 2.75) is 6.54 Å². The standard InChI is InChI=1S/C12H15Cl2N/c1-10(7-13)8-15(2)9-11-4-3-5-12(14)6-11/h3-6H,1,7-9H2,2H3. The Morgan fingerprint density at radius 2 is 2.20 bits per heavy atom. The fourth-order valence-corrected chi connectivity index (χ4v) is 1.72. The van der Waals surface area contributed by atoms with Crippen molar-refractivity contribution >= 4 is 23.2 Å². The molecule has 0 saturated heterocycles. The predicted molar refractivity (Wildman–Crippen MR) is 67.6 cm³/mol. The summed E-state index contributed by atoms with van der Waals surface area (Å²) in [4.78, 5) is 2.16. The highest BCUT2D eigenvalue weighted by Crippen LogP contribution is 2.12. The largest absolute Gasteiger partial charge is 0.298 e. The number of nitrogens with zero attached hydrogens (tertiary/aromatic N) is 1. The third-order valence-corrected chi connectivity index (χ3v) is 2.64. The van der Waals surface area contributed by atoms with Crippen LogP contribution in [-0.2, 0) is 6.54 Å². The van der Waals surface area contributed by atoms with Crippen LogP contribution in [0.25, 0.3) is 0 Å². The lowest BCUT2D eigenvalue weighted by molar-refractivity contribution is 0.356. The van der Waals surface area contributed by atoms with Gasteiger partial charge >= 0.3 is 0 Å². The van der Waals surface area contributed by atoms with E-state index >= 15 is 0 Å². The van der Waals surface area contributed by atoms with E-state index in [-0.39, 0.29) is 0 Å². The summed E-state index contributed by atoms with van der Waals surface area (Å²) in [6, 6.07) is 7.87. The molecule has 0 radical (unpaired) electrons. The lowest BCUT2D eigenvalue weighted by atomic mass is 10.2. The first-order valence-electron chi connectivity index (χ1n) is 4.77. The lowest BCUT2D eigenvalue weighted by Gasteiger charge is -2.17. The maximum Gasteiger partial charge on any atom is 0.0443 e. The summed E-state index contributed by atoms with van der Waals surface area (Å²) in [5.41, 5.74) is 2.23. The predicted octanol–water partition coefficient (Wildman–Crippen LogP) is 3.57. The number of alkyl halides is 1. The highest BCUT2D eigenvalue weighted by Gasteiger charge is 2.02. The van der Waals surface area contributed by atoms with Gasteiger partial charge in [0.25, 0.3) is 0 Å². The lowest BCUT2D eigenvalue weighted by Crippen LogP contribution is -2.20. The third kappa shape index (κ3) is 4.70. The van der Waals surface area contributed by atoms with Crippen LogP contribution in [0.15, 0.2) is 36.4 Å². The number of hydrogen-bond acceptors (Lipinski definition) is 1. The van der Waals surface area contributed by atoms with E-state index in [9.17, 15) is 0 Å². The fraction of sp³-hybridized carbons (Fsp3) is 0.333. The minimum absolute atomic E-state index is 0.514. The highest BCUT2D eigenvalue weighted by atomic mass is 35.5. The van der Waals surface area contributed by atoms with Gasteiger partial charge in [0.2, 0.25) is 0 Å². The summed E-state index contributed by atoms with van der Waals surface area (Å²) < 4.78 is 0. The first kappa shape index (κ1) is 12.6. The number of rotatable bonds is 5. The maximum absolute atomic E-state index is 5.90. The molecular formula is C12H15Cl2N. The molecule has 0 aliphatic carbocycles. The molecule has 0 spiro atoms. The molecule has 1 rings (SSSR count). The van der Waals surface area contributed by atoms with Gasteiger partial charge in [-0.25, -0.2) is 0 Å². The van der Waals surface area contributed by atoms with E-state index in [0.717, 1.165) is 23.7 Å². The molecular weight excluding hydrogens is 229 g/mol. The summed E-state index contributed by atoms with van der Waals surface area (Å²) in [5, 5.41) is 0.775. The Morgan fingerprint density at radius 1 is 1.47 bits per heavy atom. The van der Waals surface area contributed by atoms with E-state index in [1.807, 2.05) is 25.2 Å². The van der Waals surface area contributed by atoms with E-state index in [0.29, 0.717) is 5.88 Å². The molecule has 0 unspecified atom stereocenters. The zero-order chi connectivity index (χ0) is 11.3. The van der Waals surface area contributed by atoms with Gasteiger partial charge in [0.1, 0.15) is 0 Å². The molecule has 0 aliphatic rings. The van der Waals surface area contributed by atoms with Crippen LogP contribution in [-0.4, -0.2) is 24.4 Å². The van der Waals surface area contributed by atoms with Crippen LogP contribution >= 0.6 is 23.2 Å². The van der Waals surface area contributed by atoms with Crippen LogP contribution < -0.4 is 0 Å². The molecule has 0 atom stereocenters. The summed E-state index contributed by atoms with van der Waals surface area (Å²) in [6.07, 6.45) is 0. The second kappa shape index (κ2) is 6.16. The van der Waals surface area contributed by atoms with Crippen LogP contribution in [0.3, 0.4) is 0 Å². The second-order valence-corrected chi connectivity index (χ2v) is 4.39. The Morgan fingerprint density at radius 3 is 2.80 bits per heavy atom. The van der Waals surface area contributed by atoms with Gasteiger partial charge in [-0.1, -0.05) is 30.3 Å². The maximum atomic E-state index is 5.90. The molecule has 1 nitrogen and oxygen atoms in total. The monoisotopic (exact) mass is 243 g/mol. The van der Waals surface area contributed by atoms with Gasteiger partial charge in [-0.15, -0.1) is 11.6 Å². The Bertz CT molecular complexity index is 336. The molecule has 0 bridgehead atoms. The van der Waals surface area contributed by atoms with Gasteiger partial charge in [0, 0.05) is 24.0 Å². The molecule has 0 heterocycles. The molecule has 1 aromatic carbocycles. The first-order chi connectivity index (χ1) is 7.11. The Balaban J connectivity index is 2.51. The van der Waals surface area contributed by atoms with Crippen molar-refractivity contribution in [3.8, 4) is 0 Å². The van der Waals surface area contributed by atoms with Crippen molar-refractivity contribution in [1.29, 1.82) is 0 Å². The first-order valence-corrected chi connectivity index (χ1v) is 5.68. The quantitative estimate of drug-likeness (QED) is 0.565. The van der Waals surface area contributed by atoms with Crippen molar-refractivity contribution in [2.24, 2.45) is 0 Å². The smallest absolute Gasteiger partial charge is 0.0443 e. The molecule has 0 amide bonds. The van der Waals surface area contributed by atoms with Crippen LogP contribution in [0.4, 0.5) is 0 Å².